The summed E-state index contributed by atoms with van der Waals surface area (Å²) in [6, 6.07) is 0.201. The fourth-order valence-electron chi connectivity index (χ4n) is 3.29. The monoisotopic (exact) mass is 345 g/mol. The molecule has 0 unspecified atom stereocenters. The normalized spacial score (nSPS) is 22.1. The molecule has 0 bridgehead atoms. The van der Waals surface area contributed by atoms with Crippen LogP contribution >= 0.6 is 11.3 Å². The number of nitrogens with zero attached hydrogens (tertiary/aromatic N) is 3. The maximum absolute atomic E-state index is 12.2. The summed E-state index contributed by atoms with van der Waals surface area (Å²) in [5.41, 5.74) is 2.95. The SMILES string of the molecule is Cc1ncsc1CN1CC(N(C2CCOCC2)S(C)(=O)=O)C1. The summed E-state index contributed by atoms with van der Waals surface area (Å²) in [5.74, 6) is 0. The van der Waals surface area contributed by atoms with Crippen LogP contribution in [0.4, 0.5) is 0 Å². The van der Waals surface area contributed by atoms with E-state index in [1.807, 2.05) is 12.4 Å². The molecule has 6 nitrogen and oxygen atoms in total. The minimum absolute atomic E-state index is 0.0982. The molecule has 0 amide bonds. The Hall–Kier alpha value is -0.540. The molecule has 0 aliphatic carbocycles. The average molecular weight is 345 g/mol. The molecule has 1 aromatic heterocycles. The number of ether oxygens (including phenoxy) is 1. The lowest BCUT2D eigenvalue weighted by Crippen LogP contribution is -2.63. The summed E-state index contributed by atoms with van der Waals surface area (Å²) in [6.07, 6.45) is 2.94. The van der Waals surface area contributed by atoms with Gasteiger partial charge >= 0.3 is 0 Å². The smallest absolute Gasteiger partial charge is 0.211 e. The van der Waals surface area contributed by atoms with Crippen LogP contribution in [0.3, 0.4) is 0 Å². The van der Waals surface area contributed by atoms with Gasteiger partial charge in [-0.15, -0.1) is 11.3 Å². The average Bonchev–Trinajstić information content (AvgIpc) is 2.81. The molecular formula is C14H23N3O3S2. The number of sulfonamides is 1. The van der Waals surface area contributed by atoms with Crippen LogP contribution in [0.2, 0.25) is 0 Å². The number of thiazole rings is 1. The minimum Gasteiger partial charge on any atom is -0.381 e. The highest BCUT2D eigenvalue weighted by atomic mass is 32.2. The van der Waals surface area contributed by atoms with E-state index >= 15 is 0 Å². The zero-order valence-electron chi connectivity index (χ0n) is 13.1. The van der Waals surface area contributed by atoms with E-state index in [0.29, 0.717) is 13.2 Å². The molecule has 0 N–H and O–H groups in total. The van der Waals surface area contributed by atoms with Gasteiger partial charge in [0.05, 0.1) is 23.5 Å². The van der Waals surface area contributed by atoms with E-state index in [4.69, 9.17) is 4.74 Å². The Labute approximate surface area is 136 Å². The van der Waals surface area contributed by atoms with E-state index in [-0.39, 0.29) is 12.1 Å². The maximum atomic E-state index is 12.2. The van der Waals surface area contributed by atoms with Gasteiger partial charge < -0.3 is 4.74 Å². The number of rotatable bonds is 5. The molecule has 0 spiro atoms. The molecule has 22 heavy (non-hydrogen) atoms. The predicted octanol–water partition coefficient (Wildman–Crippen LogP) is 1.08. The fourth-order valence-corrected chi connectivity index (χ4v) is 5.54. The van der Waals surface area contributed by atoms with Crippen molar-refractivity contribution in [1.29, 1.82) is 0 Å². The second-order valence-corrected chi connectivity index (χ2v) is 8.97. The number of aromatic nitrogens is 1. The quantitative estimate of drug-likeness (QED) is 0.799. The first-order chi connectivity index (χ1) is 10.4. The lowest BCUT2D eigenvalue weighted by Gasteiger charge is -2.47. The number of likely N-dealkylation sites (tertiary alicyclic amines) is 1. The Bertz CT molecular complexity index is 605. The van der Waals surface area contributed by atoms with E-state index in [0.717, 1.165) is 38.2 Å². The van der Waals surface area contributed by atoms with E-state index in [2.05, 4.69) is 9.88 Å². The zero-order valence-corrected chi connectivity index (χ0v) is 14.7. The van der Waals surface area contributed by atoms with E-state index in [9.17, 15) is 8.42 Å². The Morgan fingerprint density at radius 1 is 1.36 bits per heavy atom. The van der Waals surface area contributed by atoms with Gasteiger partial charge in [0.25, 0.3) is 0 Å². The van der Waals surface area contributed by atoms with Gasteiger partial charge in [-0.05, 0) is 19.8 Å². The van der Waals surface area contributed by atoms with Crippen LogP contribution in [0, 0.1) is 6.92 Å². The fraction of sp³-hybridized carbons (Fsp3) is 0.786. The van der Waals surface area contributed by atoms with Crippen molar-refractivity contribution in [2.75, 3.05) is 32.6 Å². The van der Waals surface area contributed by atoms with Gasteiger partial charge in [-0.1, -0.05) is 0 Å². The highest BCUT2D eigenvalue weighted by molar-refractivity contribution is 7.88. The van der Waals surface area contributed by atoms with E-state index in [1.165, 1.54) is 11.1 Å². The van der Waals surface area contributed by atoms with Gasteiger partial charge in [0.15, 0.2) is 0 Å². The number of hydrogen-bond donors (Lipinski definition) is 0. The van der Waals surface area contributed by atoms with Crippen molar-refractivity contribution in [3.8, 4) is 0 Å². The molecule has 0 atom stereocenters. The van der Waals surface area contributed by atoms with Crippen LogP contribution in [0.5, 0.6) is 0 Å². The molecule has 1 aromatic rings. The van der Waals surface area contributed by atoms with E-state index in [1.54, 1.807) is 15.6 Å². The van der Waals surface area contributed by atoms with Crippen LogP contribution in [-0.2, 0) is 21.3 Å². The lowest BCUT2D eigenvalue weighted by molar-refractivity contribution is 0.0100. The van der Waals surface area contributed by atoms with Crippen LogP contribution in [0.15, 0.2) is 5.51 Å². The first-order valence-electron chi connectivity index (χ1n) is 7.62. The molecule has 3 heterocycles. The second-order valence-electron chi connectivity index (χ2n) is 6.15. The molecule has 2 saturated heterocycles. The van der Waals surface area contributed by atoms with Gasteiger partial charge in [-0.2, -0.15) is 4.31 Å². The van der Waals surface area contributed by atoms with Crippen molar-refractivity contribution in [1.82, 2.24) is 14.2 Å². The standard InChI is InChI=1S/C14H23N3O3S2/c1-11-14(21-10-15-11)9-16-7-13(8-16)17(22(2,18)19)12-3-5-20-6-4-12/h10,12-13H,3-9H2,1-2H3. The lowest BCUT2D eigenvalue weighted by atomic mass is 10.0. The van der Waals surface area contributed by atoms with Crippen molar-refractivity contribution in [2.24, 2.45) is 0 Å². The Morgan fingerprint density at radius 3 is 2.59 bits per heavy atom. The van der Waals surface area contributed by atoms with Crippen molar-refractivity contribution in [3.63, 3.8) is 0 Å². The van der Waals surface area contributed by atoms with Crippen LogP contribution < -0.4 is 0 Å². The number of hydrogen-bond acceptors (Lipinski definition) is 6. The number of aryl methyl sites for hydroxylation is 1. The molecule has 8 heteroatoms. The van der Waals surface area contributed by atoms with Gasteiger partial charge in [0.2, 0.25) is 10.0 Å². The first kappa shape index (κ1) is 16.3. The molecular weight excluding hydrogens is 322 g/mol. The first-order valence-corrected chi connectivity index (χ1v) is 10.4. The van der Waals surface area contributed by atoms with Crippen molar-refractivity contribution in [2.45, 2.75) is 38.4 Å². The molecule has 3 rings (SSSR count). The Balaban J connectivity index is 1.61. The predicted molar refractivity (Wildman–Crippen MR) is 86.4 cm³/mol. The third-order valence-electron chi connectivity index (χ3n) is 4.44. The summed E-state index contributed by atoms with van der Waals surface area (Å²) >= 11 is 1.67. The molecule has 0 aromatic carbocycles. The maximum Gasteiger partial charge on any atom is 0.211 e. The second kappa shape index (κ2) is 6.52. The minimum atomic E-state index is -3.18. The van der Waals surface area contributed by atoms with Gasteiger partial charge in [-0.3, -0.25) is 4.90 Å². The molecule has 2 fully saturated rings. The van der Waals surface area contributed by atoms with Crippen LogP contribution in [0.1, 0.15) is 23.4 Å². The topological polar surface area (TPSA) is 62.7 Å². The molecule has 0 saturated carbocycles. The molecule has 2 aliphatic heterocycles. The molecule has 2 aliphatic rings. The van der Waals surface area contributed by atoms with Crippen molar-refractivity contribution in [3.05, 3.63) is 16.1 Å². The highest BCUT2D eigenvalue weighted by Gasteiger charge is 2.40. The summed E-state index contributed by atoms with van der Waals surface area (Å²) in [4.78, 5) is 7.83. The van der Waals surface area contributed by atoms with Crippen LogP contribution in [-0.4, -0.2) is 67.2 Å². The zero-order chi connectivity index (χ0) is 15.7. The van der Waals surface area contributed by atoms with Gasteiger partial charge in [-0.25, -0.2) is 13.4 Å². The molecule has 124 valence electrons. The Kier molecular flexibility index (Phi) is 4.84. The molecule has 0 radical (unpaired) electrons. The van der Waals surface area contributed by atoms with Crippen molar-refractivity contribution >= 4 is 21.4 Å². The third-order valence-corrected chi connectivity index (χ3v) is 6.73. The highest BCUT2D eigenvalue weighted by Crippen LogP contribution is 2.27. The van der Waals surface area contributed by atoms with Gasteiger partial charge in [0, 0.05) is 43.8 Å². The summed E-state index contributed by atoms with van der Waals surface area (Å²) in [5, 5.41) is 0. The third kappa shape index (κ3) is 3.51. The van der Waals surface area contributed by atoms with Crippen LogP contribution in [0.25, 0.3) is 0 Å². The summed E-state index contributed by atoms with van der Waals surface area (Å²) in [7, 11) is -3.18. The summed E-state index contributed by atoms with van der Waals surface area (Å²) < 4.78 is 31.5. The van der Waals surface area contributed by atoms with E-state index < -0.39 is 10.0 Å². The van der Waals surface area contributed by atoms with Gasteiger partial charge in [0.1, 0.15) is 0 Å². The Morgan fingerprint density at radius 2 is 2.05 bits per heavy atom. The summed E-state index contributed by atoms with van der Waals surface area (Å²) in [6.45, 7) is 5.83. The van der Waals surface area contributed by atoms with Crippen molar-refractivity contribution < 1.29 is 13.2 Å². The largest absolute Gasteiger partial charge is 0.381 e.